The third-order valence-electron chi connectivity index (χ3n) is 2.13. The fourth-order valence-corrected chi connectivity index (χ4v) is 1.44. The molecule has 0 amide bonds. The molecule has 0 saturated heterocycles. The van der Waals surface area contributed by atoms with Gasteiger partial charge in [0.25, 0.3) is 0 Å². The Morgan fingerprint density at radius 2 is 2.06 bits per heavy atom. The molecule has 0 aliphatic rings. The Morgan fingerprint density at radius 1 is 1.44 bits per heavy atom. The van der Waals surface area contributed by atoms with E-state index in [-0.39, 0.29) is 4.99 Å². The van der Waals surface area contributed by atoms with Gasteiger partial charge in [-0.15, -0.1) is 0 Å². The Hall–Kier alpha value is -1.86. The van der Waals surface area contributed by atoms with E-state index in [0.717, 1.165) is 5.56 Å². The first kappa shape index (κ1) is 12.2. The van der Waals surface area contributed by atoms with Crippen LogP contribution in [0.3, 0.4) is 0 Å². The number of thiocarbonyl (C=S) groups is 1. The van der Waals surface area contributed by atoms with Crippen LogP contribution in [0.15, 0.2) is 41.6 Å². The molecule has 0 aromatic heterocycles. The lowest BCUT2D eigenvalue weighted by Crippen LogP contribution is -2.19. The number of benzene rings is 1. The van der Waals surface area contributed by atoms with Gasteiger partial charge >= 0.3 is 0 Å². The topological polar surface area (TPSA) is 61.8 Å². The Bertz CT molecular complexity index is 443. The fraction of sp³-hybridized carbons (Fsp3) is 0.167. The minimum Gasteiger partial charge on any atom is -0.389 e. The van der Waals surface area contributed by atoms with Crippen molar-refractivity contribution in [2.75, 3.05) is 0 Å². The highest BCUT2D eigenvalue weighted by Crippen LogP contribution is 2.03. The maximum atomic E-state index is 8.85. The first-order chi connectivity index (χ1) is 7.65. The summed E-state index contributed by atoms with van der Waals surface area (Å²) in [7, 11) is 0. The molecule has 1 rings (SSSR count). The standard InChI is InChI=1S/C12H13N3S/c1-9(11(7-13)12(14)16)15-8-10-5-3-2-4-6-10/h2-6,15H,8H2,1H3,(H2,14,16). The number of hydrogen-bond acceptors (Lipinski definition) is 3. The number of hydrogen-bond donors (Lipinski definition) is 2. The molecule has 3 N–H and O–H groups in total. The maximum Gasteiger partial charge on any atom is 0.116 e. The molecule has 1 aromatic carbocycles. The lowest BCUT2D eigenvalue weighted by molar-refractivity contribution is 0.809. The van der Waals surface area contributed by atoms with Gasteiger partial charge in [0.05, 0.1) is 0 Å². The SMILES string of the molecule is CC(NCc1ccccc1)=C(C#N)C(N)=S. The first-order valence-corrected chi connectivity index (χ1v) is 5.24. The second kappa shape index (κ2) is 5.89. The van der Waals surface area contributed by atoms with Gasteiger partial charge in [0, 0.05) is 12.2 Å². The molecular weight excluding hydrogens is 218 g/mol. The molecule has 0 saturated carbocycles. The van der Waals surface area contributed by atoms with Gasteiger partial charge in [0.1, 0.15) is 16.6 Å². The summed E-state index contributed by atoms with van der Waals surface area (Å²) in [4.78, 5) is 0.126. The molecule has 0 heterocycles. The van der Waals surface area contributed by atoms with Crippen LogP contribution in [-0.2, 0) is 6.54 Å². The predicted octanol–water partition coefficient (Wildman–Crippen LogP) is 1.86. The van der Waals surface area contributed by atoms with Crippen LogP contribution in [0, 0.1) is 11.3 Å². The number of rotatable bonds is 4. The highest BCUT2D eigenvalue weighted by molar-refractivity contribution is 7.80. The van der Waals surface area contributed by atoms with Crippen LogP contribution in [0.2, 0.25) is 0 Å². The summed E-state index contributed by atoms with van der Waals surface area (Å²) in [5, 5.41) is 12.0. The predicted molar refractivity (Wildman–Crippen MR) is 68.4 cm³/mol. The minimum atomic E-state index is 0.126. The van der Waals surface area contributed by atoms with Gasteiger partial charge in [-0.2, -0.15) is 5.26 Å². The molecule has 0 fully saturated rings. The summed E-state index contributed by atoms with van der Waals surface area (Å²) in [6, 6.07) is 11.9. The summed E-state index contributed by atoms with van der Waals surface area (Å²) in [6.45, 7) is 2.45. The summed E-state index contributed by atoms with van der Waals surface area (Å²) < 4.78 is 0. The van der Waals surface area contributed by atoms with Gasteiger partial charge < -0.3 is 11.1 Å². The molecular formula is C12H13N3S. The van der Waals surface area contributed by atoms with E-state index in [0.29, 0.717) is 17.8 Å². The van der Waals surface area contributed by atoms with Crippen molar-refractivity contribution in [3.8, 4) is 6.07 Å². The third kappa shape index (κ3) is 3.37. The molecule has 1 aromatic rings. The van der Waals surface area contributed by atoms with Gasteiger partial charge in [-0.3, -0.25) is 0 Å². The number of nitrogens with zero attached hydrogens (tertiary/aromatic N) is 1. The summed E-state index contributed by atoms with van der Waals surface area (Å²) in [5.41, 5.74) is 7.62. The largest absolute Gasteiger partial charge is 0.389 e. The van der Waals surface area contributed by atoms with E-state index in [1.165, 1.54) is 0 Å². The van der Waals surface area contributed by atoms with Crippen molar-refractivity contribution >= 4 is 17.2 Å². The number of nitrogens with two attached hydrogens (primary N) is 1. The van der Waals surface area contributed by atoms with E-state index in [2.05, 4.69) is 5.32 Å². The second-order valence-corrected chi connectivity index (χ2v) is 3.76. The highest BCUT2D eigenvalue weighted by Gasteiger charge is 2.04. The summed E-state index contributed by atoms with van der Waals surface area (Å²) in [6.07, 6.45) is 0. The van der Waals surface area contributed by atoms with E-state index in [1.807, 2.05) is 36.4 Å². The number of nitriles is 1. The smallest absolute Gasteiger partial charge is 0.116 e. The molecule has 3 nitrogen and oxygen atoms in total. The molecule has 16 heavy (non-hydrogen) atoms. The average Bonchev–Trinajstić information content (AvgIpc) is 2.28. The molecule has 4 heteroatoms. The zero-order valence-electron chi connectivity index (χ0n) is 9.03. The first-order valence-electron chi connectivity index (χ1n) is 4.83. The molecule has 0 aliphatic heterocycles. The van der Waals surface area contributed by atoms with E-state index < -0.39 is 0 Å². The van der Waals surface area contributed by atoms with Crippen molar-refractivity contribution in [2.24, 2.45) is 5.73 Å². The van der Waals surface area contributed by atoms with Crippen molar-refractivity contribution in [1.29, 1.82) is 5.26 Å². The lowest BCUT2D eigenvalue weighted by Gasteiger charge is -2.08. The Kier molecular flexibility index (Phi) is 4.49. The van der Waals surface area contributed by atoms with Crippen LogP contribution in [0.1, 0.15) is 12.5 Å². The monoisotopic (exact) mass is 231 g/mol. The Morgan fingerprint density at radius 3 is 2.56 bits per heavy atom. The van der Waals surface area contributed by atoms with Crippen LogP contribution >= 0.6 is 12.2 Å². The van der Waals surface area contributed by atoms with Gasteiger partial charge in [0.2, 0.25) is 0 Å². The van der Waals surface area contributed by atoms with Crippen LogP contribution < -0.4 is 11.1 Å². The Balaban J connectivity index is 2.69. The molecule has 0 radical (unpaired) electrons. The molecule has 0 spiro atoms. The van der Waals surface area contributed by atoms with E-state index >= 15 is 0 Å². The van der Waals surface area contributed by atoms with Gasteiger partial charge in [-0.05, 0) is 12.5 Å². The van der Waals surface area contributed by atoms with Crippen molar-refractivity contribution in [3.05, 3.63) is 47.2 Å². The van der Waals surface area contributed by atoms with Crippen molar-refractivity contribution in [1.82, 2.24) is 5.32 Å². The average molecular weight is 231 g/mol. The van der Waals surface area contributed by atoms with Crippen LogP contribution in [-0.4, -0.2) is 4.99 Å². The van der Waals surface area contributed by atoms with Gasteiger partial charge in [-0.1, -0.05) is 42.5 Å². The second-order valence-electron chi connectivity index (χ2n) is 3.32. The van der Waals surface area contributed by atoms with Crippen LogP contribution in [0.25, 0.3) is 0 Å². The third-order valence-corrected chi connectivity index (χ3v) is 2.34. The van der Waals surface area contributed by atoms with Gasteiger partial charge in [-0.25, -0.2) is 0 Å². The van der Waals surface area contributed by atoms with E-state index in [4.69, 9.17) is 23.2 Å². The maximum absolute atomic E-state index is 8.85. The number of nitrogens with one attached hydrogen (secondary N) is 1. The lowest BCUT2D eigenvalue weighted by atomic mass is 10.2. The highest BCUT2D eigenvalue weighted by atomic mass is 32.1. The van der Waals surface area contributed by atoms with Crippen LogP contribution in [0.4, 0.5) is 0 Å². The van der Waals surface area contributed by atoms with E-state index in [9.17, 15) is 0 Å². The molecule has 0 atom stereocenters. The zero-order valence-corrected chi connectivity index (χ0v) is 9.84. The molecule has 0 unspecified atom stereocenters. The quantitative estimate of drug-likeness (QED) is 0.472. The zero-order chi connectivity index (χ0) is 12.0. The molecule has 0 bridgehead atoms. The van der Waals surface area contributed by atoms with Gasteiger partial charge in [0.15, 0.2) is 0 Å². The van der Waals surface area contributed by atoms with Crippen molar-refractivity contribution in [2.45, 2.75) is 13.5 Å². The minimum absolute atomic E-state index is 0.126. The molecule has 0 aliphatic carbocycles. The van der Waals surface area contributed by atoms with Crippen molar-refractivity contribution < 1.29 is 0 Å². The fourth-order valence-electron chi connectivity index (χ4n) is 1.24. The summed E-state index contributed by atoms with van der Waals surface area (Å²) in [5.74, 6) is 0. The van der Waals surface area contributed by atoms with Crippen LogP contribution in [0.5, 0.6) is 0 Å². The van der Waals surface area contributed by atoms with E-state index in [1.54, 1.807) is 6.92 Å². The number of allylic oxidation sites excluding steroid dienone is 1. The van der Waals surface area contributed by atoms with Crippen molar-refractivity contribution in [3.63, 3.8) is 0 Å². The Labute approximate surface area is 101 Å². The normalized spacial score (nSPS) is 11.2. The summed E-state index contributed by atoms with van der Waals surface area (Å²) >= 11 is 4.78. The molecule has 82 valence electrons.